The number of rotatable bonds is 1. The maximum absolute atomic E-state index is 2.55. The molecule has 3 aliphatic rings. The Hall–Kier alpha value is 0.700. The molecule has 3 rings (SSSR count). The molecule has 0 amide bonds. The minimum atomic E-state index is 0.562. The molecule has 0 radical (unpaired) electrons. The maximum atomic E-state index is 2.55. The van der Waals surface area contributed by atoms with Gasteiger partial charge in [0.05, 0.1) is 4.08 Å². The third-order valence-electron chi connectivity index (χ3n) is 5.64. The highest BCUT2D eigenvalue weighted by Crippen LogP contribution is 2.63. The molecule has 0 aromatic heterocycles. The van der Waals surface area contributed by atoms with E-state index in [-0.39, 0.29) is 0 Å². The molecule has 2 saturated carbocycles. The fourth-order valence-electron chi connectivity index (χ4n) is 4.41. The van der Waals surface area contributed by atoms with E-state index in [0.29, 0.717) is 4.08 Å². The predicted molar refractivity (Wildman–Crippen MR) is 76.0 cm³/mol. The van der Waals surface area contributed by atoms with Crippen molar-refractivity contribution >= 4 is 23.5 Å². The van der Waals surface area contributed by atoms with Gasteiger partial charge < -0.3 is 0 Å². The molecule has 16 heavy (non-hydrogen) atoms. The van der Waals surface area contributed by atoms with Crippen molar-refractivity contribution in [1.82, 2.24) is 0 Å². The second-order valence-corrected chi connectivity index (χ2v) is 9.63. The summed E-state index contributed by atoms with van der Waals surface area (Å²) in [4.78, 5) is 0. The van der Waals surface area contributed by atoms with Gasteiger partial charge in [0.25, 0.3) is 0 Å². The smallest absolute Gasteiger partial charge is 0.0613 e. The Balaban J connectivity index is 1.77. The molecular weight excluding hydrogens is 232 g/mol. The van der Waals surface area contributed by atoms with E-state index >= 15 is 0 Å². The van der Waals surface area contributed by atoms with Crippen LogP contribution < -0.4 is 0 Å². The number of hydrogen-bond donors (Lipinski definition) is 0. The summed E-state index contributed by atoms with van der Waals surface area (Å²) < 4.78 is 0.562. The summed E-state index contributed by atoms with van der Waals surface area (Å²) in [5.74, 6) is 7.92. The predicted octanol–water partition coefficient (Wildman–Crippen LogP) is 4.50. The van der Waals surface area contributed by atoms with Crippen LogP contribution in [0.3, 0.4) is 0 Å². The van der Waals surface area contributed by atoms with Crippen LogP contribution in [0.4, 0.5) is 0 Å². The average Bonchev–Trinajstić information content (AvgIpc) is 2.82. The highest BCUT2D eigenvalue weighted by molar-refractivity contribution is 8.18. The third kappa shape index (κ3) is 1.67. The highest BCUT2D eigenvalue weighted by Gasteiger charge is 2.54. The van der Waals surface area contributed by atoms with Crippen LogP contribution >= 0.6 is 23.5 Å². The fraction of sp³-hybridized carbons (Fsp3) is 1.00. The van der Waals surface area contributed by atoms with E-state index in [1.807, 2.05) is 0 Å². The lowest BCUT2D eigenvalue weighted by Gasteiger charge is -2.44. The Morgan fingerprint density at radius 3 is 2.25 bits per heavy atom. The van der Waals surface area contributed by atoms with Gasteiger partial charge in [-0.25, -0.2) is 0 Å². The van der Waals surface area contributed by atoms with Gasteiger partial charge in [-0.2, -0.15) is 0 Å². The number of hydrogen-bond acceptors (Lipinski definition) is 2. The van der Waals surface area contributed by atoms with Crippen LogP contribution in [0.15, 0.2) is 0 Å². The monoisotopic (exact) mass is 256 g/mol. The van der Waals surface area contributed by atoms with Crippen molar-refractivity contribution < 1.29 is 0 Å². The summed E-state index contributed by atoms with van der Waals surface area (Å²) >= 11 is 4.54. The molecule has 2 aliphatic carbocycles. The zero-order chi connectivity index (χ0) is 11.3. The Morgan fingerprint density at radius 2 is 1.69 bits per heavy atom. The summed E-state index contributed by atoms with van der Waals surface area (Å²) in [5.41, 5.74) is 0. The van der Waals surface area contributed by atoms with Crippen LogP contribution in [-0.4, -0.2) is 15.6 Å². The first-order valence-electron chi connectivity index (χ1n) is 6.90. The molecule has 0 nitrogen and oxygen atoms in total. The third-order valence-corrected chi connectivity index (χ3v) is 9.08. The largest absolute Gasteiger partial charge is 0.144 e. The topological polar surface area (TPSA) is 0 Å². The summed E-state index contributed by atoms with van der Waals surface area (Å²) in [6.07, 6.45) is 4.51. The van der Waals surface area contributed by atoms with E-state index < -0.39 is 0 Å². The van der Waals surface area contributed by atoms with Gasteiger partial charge in [0.1, 0.15) is 0 Å². The van der Waals surface area contributed by atoms with E-state index in [2.05, 4.69) is 44.3 Å². The van der Waals surface area contributed by atoms with Crippen molar-refractivity contribution in [3.05, 3.63) is 0 Å². The lowest BCUT2D eigenvalue weighted by molar-refractivity contribution is 0.182. The molecule has 0 aromatic carbocycles. The van der Waals surface area contributed by atoms with Crippen molar-refractivity contribution in [2.24, 2.45) is 29.6 Å². The highest BCUT2D eigenvalue weighted by atomic mass is 32.2. The summed E-state index contributed by atoms with van der Waals surface area (Å²) in [6.45, 7) is 7.56. The minimum absolute atomic E-state index is 0.562. The van der Waals surface area contributed by atoms with Crippen molar-refractivity contribution in [3.8, 4) is 0 Å². The average molecular weight is 256 g/mol. The summed E-state index contributed by atoms with van der Waals surface area (Å²) in [6, 6.07) is 0. The van der Waals surface area contributed by atoms with Crippen molar-refractivity contribution in [2.45, 2.75) is 44.1 Å². The van der Waals surface area contributed by atoms with Gasteiger partial charge in [-0.05, 0) is 67.3 Å². The van der Waals surface area contributed by atoms with Crippen LogP contribution in [0.2, 0.25) is 0 Å². The quantitative estimate of drug-likeness (QED) is 0.677. The van der Waals surface area contributed by atoms with Crippen molar-refractivity contribution in [1.29, 1.82) is 0 Å². The van der Waals surface area contributed by atoms with Gasteiger partial charge in [-0.15, -0.1) is 23.5 Å². The summed E-state index contributed by atoms with van der Waals surface area (Å²) in [5, 5.41) is 0. The first kappa shape index (κ1) is 11.8. The molecule has 2 heteroatoms. The molecule has 1 heterocycles. The van der Waals surface area contributed by atoms with Crippen LogP contribution in [0.25, 0.3) is 0 Å². The van der Waals surface area contributed by atoms with Crippen molar-refractivity contribution in [2.75, 3.05) is 11.5 Å². The first-order chi connectivity index (χ1) is 7.62. The SMILES string of the molecule is CC1C2CC(C1C)C(C1(C)SCCCS1)C2. The van der Waals surface area contributed by atoms with Crippen LogP contribution in [0, 0.1) is 29.6 Å². The molecule has 92 valence electrons. The standard InChI is InChI=1S/C14H24S2/c1-9-10(2)12-7-11(9)8-13(12)14(3)15-5-4-6-16-14/h9-13H,4-8H2,1-3H3. The summed E-state index contributed by atoms with van der Waals surface area (Å²) in [7, 11) is 0. The molecule has 2 bridgehead atoms. The molecule has 3 fully saturated rings. The minimum Gasteiger partial charge on any atom is -0.144 e. The van der Waals surface area contributed by atoms with E-state index in [9.17, 15) is 0 Å². The Bertz CT molecular complexity index is 268. The molecule has 5 unspecified atom stereocenters. The number of thioether (sulfide) groups is 2. The second-order valence-electron chi connectivity index (χ2n) is 6.29. The lowest BCUT2D eigenvalue weighted by Crippen LogP contribution is -2.38. The molecule has 1 saturated heterocycles. The van der Waals surface area contributed by atoms with Gasteiger partial charge in [-0.3, -0.25) is 0 Å². The van der Waals surface area contributed by atoms with Crippen LogP contribution in [-0.2, 0) is 0 Å². The second kappa shape index (κ2) is 4.12. The van der Waals surface area contributed by atoms with E-state index in [0.717, 1.165) is 29.6 Å². The molecule has 1 aliphatic heterocycles. The normalized spacial score (nSPS) is 50.8. The Kier molecular flexibility index (Phi) is 3.03. The van der Waals surface area contributed by atoms with Gasteiger partial charge in [-0.1, -0.05) is 13.8 Å². The van der Waals surface area contributed by atoms with Gasteiger partial charge in [0.2, 0.25) is 0 Å². The molecule has 0 aromatic rings. The Labute approximate surface area is 109 Å². The molecule has 0 N–H and O–H groups in total. The fourth-order valence-corrected chi connectivity index (χ4v) is 7.78. The molecule has 0 spiro atoms. The van der Waals surface area contributed by atoms with Crippen molar-refractivity contribution in [3.63, 3.8) is 0 Å². The van der Waals surface area contributed by atoms with E-state index in [1.165, 1.54) is 24.3 Å². The lowest BCUT2D eigenvalue weighted by atomic mass is 9.74. The Morgan fingerprint density at radius 1 is 1.00 bits per heavy atom. The van der Waals surface area contributed by atoms with E-state index in [1.54, 1.807) is 6.42 Å². The van der Waals surface area contributed by atoms with Gasteiger partial charge in [0, 0.05) is 0 Å². The zero-order valence-corrected chi connectivity index (χ0v) is 12.4. The van der Waals surface area contributed by atoms with Crippen LogP contribution in [0.5, 0.6) is 0 Å². The van der Waals surface area contributed by atoms with E-state index in [4.69, 9.17) is 0 Å². The van der Waals surface area contributed by atoms with Gasteiger partial charge in [0.15, 0.2) is 0 Å². The molecular formula is C14H24S2. The number of fused-ring (bicyclic) bond motifs is 2. The van der Waals surface area contributed by atoms with Gasteiger partial charge >= 0.3 is 0 Å². The molecule has 5 atom stereocenters. The van der Waals surface area contributed by atoms with Crippen LogP contribution in [0.1, 0.15) is 40.0 Å². The zero-order valence-electron chi connectivity index (χ0n) is 10.7. The first-order valence-corrected chi connectivity index (χ1v) is 8.87. The maximum Gasteiger partial charge on any atom is 0.0613 e.